The maximum atomic E-state index is 10.4. The Hall–Kier alpha value is -1.31. The van der Waals surface area contributed by atoms with Crippen LogP contribution in [0, 0.1) is 0 Å². The van der Waals surface area contributed by atoms with Crippen molar-refractivity contribution in [1.82, 2.24) is 0 Å². The lowest BCUT2D eigenvalue weighted by molar-refractivity contribution is 0.231. The average Bonchev–Trinajstić information content (AvgIpc) is 2.23. The van der Waals surface area contributed by atoms with Crippen molar-refractivity contribution in [2.75, 3.05) is 13.2 Å². The fourth-order valence-electron chi connectivity index (χ4n) is 0.787. The summed E-state index contributed by atoms with van der Waals surface area (Å²) < 4.78 is 29.2. The van der Waals surface area contributed by atoms with E-state index in [0.717, 1.165) is 0 Å². The summed E-state index contributed by atoms with van der Waals surface area (Å²) >= 11 is 0. The molecule has 7 heteroatoms. The molecule has 0 heterocycles. The van der Waals surface area contributed by atoms with Gasteiger partial charge in [-0.25, -0.2) is 8.37 Å². The summed E-state index contributed by atoms with van der Waals surface area (Å²) in [6.45, 7) is 3.39. The van der Waals surface area contributed by atoms with Gasteiger partial charge in [-0.05, 0) is 26.0 Å². The number of aromatic hydroxyl groups is 2. The third kappa shape index (κ3) is 7.56. The van der Waals surface area contributed by atoms with Gasteiger partial charge in [0.1, 0.15) is 0 Å². The van der Waals surface area contributed by atoms with Gasteiger partial charge in [-0.1, -0.05) is 12.1 Å². The summed E-state index contributed by atoms with van der Waals surface area (Å²) in [6, 6.07) is 6.15. The highest BCUT2D eigenvalue weighted by Gasteiger charge is 2.06. The normalized spacial score (nSPS) is 10.5. The largest absolute Gasteiger partial charge is 0.504 e. The summed E-state index contributed by atoms with van der Waals surface area (Å²) in [4.78, 5) is 0. The maximum absolute atomic E-state index is 10.4. The minimum atomic E-state index is -3.68. The predicted molar refractivity (Wildman–Crippen MR) is 61.9 cm³/mol. The Labute approximate surface area is 101 Å². The third-order valence-corrected chi connectivity index (χ3v) is 2.45. The van der Waals surface area contributed by atoms with E-state index >= 15 is 0 Å². The molecule has 0 radical (unpaired) electrons. The molecule has 0 aromatic heterocycles. The molecule has 0 saturated heterocycles. The Bertz CT molecular complexity index is 382. The predicted octanol–water partition coefficient (Wildman–Crippen LogP) is 1.40. The van der Waals surface area contributed by atoms with Crippen LogP contribution in [0.25, 0.3) is 0 Å². The van der Waals surface area contributed by atoms with Crippen LogP contribution in [0.3, 0.4) is 0 Å². The van der Waals surface area contributed by atoms with E-state index in [9.17, 15) is 8.42 Å². The second-order valence-electron chi connectivity index (χ2n) is 2.71. The first-order valence-electron chi connectivity index (χ1n) is 4.93. The molecule has 0 aliphatic carbocycles. The number of benzene rings is 1. The van der Waals surface area contributed by atoms with Gasteiger partial charge < -0.3 is 10.2 Å². The minimum Gasteiger partial charge on any atom is -0.504 e. The molecule has 17 heavy (non-hydrogen) atoms. The van der Waals surface area contributed by atoms with Crippen molar-refractivity contribution in [3.63, 3.8) is 0 Å². The maximum Gasteiger partial charge on any atom is 0.399 e. The van der Waals surface area contributed by atoms with Crippen molar-refractivity contribution in [1.29, 1.82) is 0 Å². The van der Waals surface area contributed by atoms with Gasteiger partial charge >= 0.3 is 10.4 Å². The van der Waals surface area contributed by atoms with Crippen LogP contribution < -0.4 is 0 Å². The smallest absolute Gasteiger partial charge is 0.399 e. The van der Waals surface area contributed by atoms with Crippen LogP contribution in [0.1, 0.15) is 13.8 Å². The molecule has 1 rings (SSSR count). The Kier molecular flexibility index (Phi) is 7.27. The standard InChI is InChI=1S/C6H6O2.C4H10O4S/c7-5-3-1-2-4-6(5)8;1-3-7-9(5,6)8-4-2/h1-4,7-8H;3-4H2,1-2H3. The first kappa shape index (κ1) is 15.7. The molecule has 0 fully saturated rings. The van der Waals surface area contributed by atoms with Crippen molar-refractivity contribution in [3.8, 4) is 11.5 Å². The third-order valence-electron chi connectivity index (χ3n) is 1.41. The monoisotopic (exact) mass is 264 g/mol. The number of phenols is 2. The van der Waals surface area contributed by atoms with E-state index in [4.69, 9.17) is 10.2 Å². The molecule has 0 aliphatic rings. The van der Waals surface area contributed by atoms with Crippen molar-refractivity contribution in [2.45, 2.75) is 13.8 Å². The second-order valence-corrected chi connectivity index (χ2v) is 4.00. The fourth-order valence-corrected chi connectivity index (χ4v) is 1.43. The van der Waals surface area contributed by atoms with Crippen molar-refractivity contribution < 1.29 is 27.0 Å². The molecule has 6 nitrogen and oxygen atoms in total. The number of hydrogen-bond acceptors (Lipinski definition) is 6. The molecule has 1 aromatic carbocycles. The van der Waals surface area contributed by atoms with Crippen molar-refractivity contribution >= 4 is 10.4 Å². The lowest BCUT2D eigenvalue weighted by atomic mass is 10.3. The molecular weight excluding hydrogens is 248 g/mol. The van der Waals surface area contributed by atoms with Gasteiger partial charge in [0.25, 0.3) is 0 Å². The molecular formula is C10H16O6S. The van der Waals surface area contributed by atoms with Crippen LogP contribution in [-0.2, 0) is 18.8 Å². The number of hydrogen-bond donors (Lipinski definition) is 2. The van der Waals surface area contributed by atoms with E-state index in [1.807, 2.05) is 0 Å². The molecule has 0 bridgehead atoms. The van der Waals surface area contributed by atoms with Crippen molar-refractivity contribution in [3.05, 3.63) is 24.3 Å². The molecule has 0 aliphatic heterocycles. The van der Waals surface area contributed by atoms with Crippen LogP contribution in [0.2, 0.25) is 0 Å². The molecule has 0 spiro atoms. The molecule has 0 atom stereocenters. The number of para-hydroxylation sites is 2. The second kappa shape index (κ2) is 7.88. The van der Waals surface area contributed by atoms with Crippen LogP contribution in [0.15, 0.2) is 24.3 Å². The number of rotatable bonds is 4. The molecule has 2 N–H and O–H groups in total. The summed E-state index contributed by atoms with van der Waals surface area (Å²) in [7, 11) is -3.68. The Morgan fingerprint density at radius 2 is 1.35 bits per heavy atom. The summed E-state index contributed by atoms with van der Waals surface area (Å²) in [5, 5.41) is 17.3. The zero-order chi connectivity index (χ0) is 13.3. The molecule has 0 amide bonds. The van der Waals surface area contributed by atoms with E-state index < -0.39 is 10.4 Å². The fraction of sp³-hybridized carbons (Fsp3) is 0.400. The van der Waals surface area contributed by atoms with E-state index in [2.05, 4.69) is 8.37 Å². The Balaban J connectivity index is 0.000000302. The Morgan fingerprint density at radius 3 is 1.59 bits per heavy atom. The Morgan fingerprint density at radius 1 is 1.00 bits per heavy atom. The van der Waals surface area contributed by atoms with Gasteiger partial charge in [-0.2, -0.15) is 8.42 Å². The highest BCUT2D eigenvalue weighted by Crippen LogP contribution is 2.21. The highest BCUT2D eigenvalue weighted by molar-refractivity contribution is 7.81. The van der Waals surface area contributed by atoms with Crippen LogP contribution in [0.4, 0.5) is 0 Å². The highest BCUT2D eigenvalue weighted by atomic mass is 32.3. The summed E-state index contributed by atoms with van der Waals surface area (Å²) in [5.41, 5.74) is 0. The van der Waals surface area contributed by atoms with Crippen LogP contribution >= 0.6 is 0 Å². The van der Waals surface area contributed by atoms with E-state index in [0.29, 0.717) is 0 Å². The number of phenolic OH excluding ortho intramolecular Hbond substituents is 2. The molecule has 0 saturated carbocycles. The van der Waals surface area contributed by atoms with Crippen LogP contribution in [0.5, 0.6) is 11.5 Å². The van der Waals surface area contributed by atoms with E-state index in [1.54, 1.807) is 26.0 Å². The van der Waals surface area contributed by atoms with Gasteiger partial charge in [0.15, 0.2) is 11.5 Å². The van der Waals surface area contributed by atoms with Gasteiger partial charge in [0, 0.05) is 0 Å². The first-order chi connectivity index (χ1) is 7.93. The van der Waals surface area contributed by atoms with Crippen molar-refractivity contribution in [2.24, 2.45) is 0 Å². The molecule has 0 unspecified atom stereocenters. The average molecular weight is 264 g/mol. The lowest BCUT2D eigenvalue weighted by Gasteiger charge is -1.99. The first-order valence-corrected chi connectivity index (χ1v) is 6.27. The van der Waals surface area contributed by atoms with Gasteiger partial charge in [0.2, 0.25) is 0 Å². The summed E-state index contributed by atoms with van der Waals surface area (Å²) in [6.07, 6.45) is 0. The van der Waals surface area contributed by atoms with Crippen LogP contribution in [-0.4, -0.2) is 31.8 Å². The summed E-state index contributed by atoms with van der Waals surface area (Å²) in [5.74, 6) is -0.153. The van der Waals surface area contributed by atoms with E-state index in [1.165, 1.54) is 12.1 Å². The molecule has 98 valence electrons. The zero-order valence-corrected chi connectivity index (χ0v) is 10.5. The minimum absolute atomic E-state index is 0.0764. The van der Waals surface area contributed by atoms with E-state index in [-0.39, 0.29) is 24.7 Å². The quantitative estimate of drug-likeness (QED) is 0.798. The zero-order valence-electron chi connectivity index (χ0n) is 9.66. The topological polar surface area (TPSA) is 93.1 Å². The van der Waals surface area contributed by atoms with Gasteiger partial charge in [0.05, 0.1) is 13.2 Å². The SMILES string of the molecule is CCOS(=O)(=O)OCC.Oc1ccccc1O. The lowest BCUT2D eigenvalue weighted by Crippen LogP contribution is -2.09. The van der Waals surface area contributed by atoms with Gasteiger partial charge in [-0.15, -0.1) is 0 Å². The molecule has 1 aromatic rings. The van der Waals surface area contributed by atoms with Gasteiger partial charge in [-0.3, -0.25) is 0 Å².